The Bertz CT molecular complexity index is 1240. The summed E-state index contributed by atoms with van der Waals surface area (Å²) in [6.45, 7) is 0. The quantitative estimate of drug-likeness (QED) is 0.392. The summed E-state index contributed by atoms with van der Waals surface area (Å²) >= 11 is -1.47. The van der Waals surface area contributed by atoms with E-state index in [1.807, 2.05) is 59.1 Å². The number of ether oxygens (including phenoxy) is 3. The topological polar surface area (TPSA) is 92.1 Å². The maximum Gasteiger partial charge on any atom is 0.165 e. The summed E-state index contributed by atoms with van der Waals surface area (Å²) in [5.41, 5.74) is 4.78. The second-order valence-corrected chi connectivity index (χ2v) is 7.97. The van der Waals surface area contributed by atoms with Crippen molar-refractivity contribution in [2.45, 2.75) is 0 Å². The number of nitrogens with zero attached hydrogens (tertiary/aromatic N) is 2. The number of imidazole rings is 1. The van der Waals surface area contributed by atoms with Gasteiger partial charge in [-0.25, -0.2) is 4.98 Å². The van der Waals surface area contributed by atoms with Crippen LogP contribution in [0, 0.1) is 0 Å². The summed E-state index contributed by atoms with van der Waals surface area (Å²) in [7, 11) is 6.46. The molecule has 0 spiro atoms. The van der Waals surface area contributed by atoms with E-state index in [4.69, 9.17) is 14.2 Å². The SMILES string of the molecule is CN[S+]([O-])Nc1cc(-c2ccccc2OC)cn2c(-c3ccc(OC)c(OC)c3)cnc12. The van der Waals surface area contributed by atoms with Crippen molar-refractivity contribution >= 4 is 22.9 Å². The molecule has 2 N–H and O–H groups in total. The molecule has 2 heterocycles. The van der Waals surface area contributed by atoms with Crippen LogP contribution in [0.1, 0.15) is 0 Å². The fourth-order valence-electron chi connectivity index (χ4n) is 3.55. The van der Waals surface area contributed by atoms with Crippen LogP contribution in [0.25, 0.3) is 28.0 Å². The molecule has 0 saturated heterocycles. The van der Waals surface area contributed by atoms with E-state index in [2.05, 4.69) is 14.4 Å². The molecule has 0 aliphatic rings. The number of methoxy groups -OCH3 is 3. The van der Waals surface area contributed by atoms with E-state index in [0.717, 1.165) is 28.1 Å². The van der Waals surface area contributed by atoms with E-state index in [1.54, 1.807) is 34.6 Å². The molecule has 2 aromatic heterocycles. The molecule has 1 unspecified atom stereocenters. The maximum absolute atomic E-state index is 12.2. The number of rotatable bonds is 8. The van der Waals surface area contributed by atoms with Gasteiger partial charge >= 0.3 is 0 Å². The third-order valence-electron chi connectivity index (χ3n) is 5.09. The van der Waals surface area contributed by atoms with E-state index < -0.39 is 11.5 Å². The highest BCUT2D eigenvalue weighted by Gasteiger charge is 2.18. The van der Waals surface area contributed by atoms with Crippen molar-refractivity contribution in [3.8, 4) is 39.6 Å². The normalized spacial score (nSPS) is 11.9. The minimum absolute atomic E-state index is 0.618. The Hall–Kier alpha value is -3.40. The van der Waals surface area contributed by atoms with Crippen molar-refractivity contribution in [1.82, 2.24) is 14.1 Å². The number of para-hydroxylation sites is 1. The molecule has 0 radical (unpaired) electrons. The molecule has 0 aliphatic carbocycles. The fourth-order valence-corrected chi connectivity index (χ4v) is 4.00. The number of anilines is 1. The van der Waals surface area contributed by atoms with Gasteiger partial charge in [-0.15, -0.1) is 4.72 Å². The molecule has 166 valence electrons. The van der Waals surface area contributed by atoms with Gasteiger partial charge < -0.3 is 18.8 Å². The third kappa shape index (κ3) is 4.05. The largest absolute Gasteiger partial charge is 0.574 e. The molecule has 1 atom stereocenters. The average Bonchev–Trinajstić information content (AvgIpc) is 3.27. The number of pyridine rings is 1. The molecular formula is C23H24N4O4S. The second-order valence-electron chi connectivity index (χ2n) is 6.82. The summed E-state index contributed by atoms with van der Waals surface area (Å²) in [5, 5.41) is 0. The Morgan fingerprint density at radius 1 is 0.906 bits per heavy atom. The van der Waals surface area contributed by atoms with Crippen LogP contribution >= 0.6 is 0 Å². The molecule has 32 heavy (non-hydrogen) atoms. The van der Waals surface area contributed by atoms with Crippen molar-refractivity contribution in [3.05, 3.63) is 60.9 Å². The summed E-state index contributed by atoms with van der Waals surface area (Å²) < 4.78 is 36.2. The van der Waals surface area contributed by atoms with E-state index in [9.17, 15) is 4.55 Å². The van der Waals surface area contributed by atoms with Gasteiger partial charge in [0, 0.05) is 29.9 Å². The number of hydrogen-bond acceptors (Lipinski definition) is 7. The predicted octanol–water partition coefficient (Wildman–Crippen LogP) is 3.90. The lowest BCUT2D eigenvalue weighted by Gasteiger charge is -2.15. The van der Waals surface area contributed by atoms with Crippen LogP contribution < -0.4 is 23.7 Å². The predicted molar refractivity (Wildman–Crippen MR) is 127 cm³/mol. The first-order chi connectivity index (χ1) is 15.6. The van der Waals surface area contributed by atoms with E-state index in [-0.39, 0.29) is 0 Å². The molecule has 0 amide bonds. The van der Waals surface area contributed by atoms with Crippen LogP contribution in [-0.2, 0) is 11.5 Å². The molecule has 0 fully saturated rings. The number of hydrogen-bond donors (Lipinski definition) is 2. The van der Waals surface area contributed by atoms with Crippen molar-refractivity contribution in [2.24, 2.45) is 0 Å². The van der Waals surface area contributed by atoms with Crippen molar-refractivity contribution in [1.29, 1.82) is 0 Å². The van der Waals surface area contributed by atoms with E-state index in [0.29, 0.717) is 22.8 Å². The van der Waals surface area contributed by atoms with Crippen LogP contribution in [0.3, 0.4) is 0 Å². The van der Waals surface area contributed by atoms with E-state index >= 15 is 0 Å². The summed E-state index contributed by atoms with van der Waals surface area (Å²) in [6, 6.07) is 15.4. The highest BCUT2D eigenvalue weighted by Crippen LogP contribution is 2.36. The third-order valence-corrected chi connectivity index (χ3v) is 5.87. The number of aromatic nitrogens is 2. The van der Waals surface area contributed by atoms with Gasteiger partial charge in [0.1, 0.15) is 11.4 Å². The molecule has 8 nitrogen and oxygen atoms in total. The molecule has 9 heteroatoms. The molecule has 4 rings (SSSR count). The fraction of sp³-hybridized carbons (Fsp3) is 0.174. The van der Waals surface area contributed by atoms with Gasteiger partial charge in [0.2, 0.25) is 0 Å². The zero-order valence-corrected chi connectivity index (χ0v) is 19.0. The lowest BCUT2D eigenvalue weighted by atomic mass is 10.1. The smallest absolute Gasteiger partial charge is 0.165 e. The van der Waals surface area contributed by atoms with Gasteiger partial charge in [-0.05, 0) is 30.3 Å². The first-order valence-electron chi connectivity index (χ1n) is 9.82. The van der Waals surface area contributed by atoms with Gasteiger partial charge in [0.05, 0.1) is 33.2 Å². The molecule has 0 bridgehead atoms. The number of fused-ring (bicyclic) bond motifs is 1. The average molecular weight is 453 g/mol. The van der Waals surface area contributed by atoms with Crippen molar-refractivity contribution in [2.75, 3.05) is 33.1 Å². The summed E-state index contributed by atoms with van der Waals surface area (Å²) in [6.07, 6.45) is 3.76. The number of nitrogens with one attached hydrogen (secondary N) is 2. The van der Waals surface area contributed by atoms with Crippen molar-refractivity contribution < 1.29 is 18.8 Å². The Kier molecular flexibility index (Phi) is 6.40. The molecule has 0 saturated carbocycles. The summed E-state index contributed by atoms with van der Waals surface area (Å²) in [4.78, 5) is 4.59. The van der Waals surface area contributed by atoms with Gasteiger partial charge in [-0.3, -0.25) is 4.40 Å². The first kappa shape index (κ1) is 21.8. The maximum atomic E-state index is 12.2. The Labute approximate surface area is 189 Å². The summed E-state index contributed by atoms with van der Waals surface area (Å²) in [5.74, 6) is 2.00. The lowest BCUT2D eigenvalue weighted by Crippen LogP contribution is -2.26. The highest BCUT2D eigenvalue weighted by molar-refractivity contribution is 7.90. The minimum atomic E-state index is -1.47. The highest BCUT2D eigenvalue weighted by atomic mass is 32.2. The van der Waals surface area contributed by atoms with Crippen LogP contribution in [0.2, 0.25) is 0 Å². The van der Waals surface area contributed by atoms with Gasteiger partial charge in [0.25, 0.3) is 0 Å². The first-order valence-corrected chi connectivity index (χ1v) is 11.0. The lowest BCUT2D eigenvalue weighted by molar-refractivity contribution is 0.355. The van der Waals surface area contributed by atoms with Crippen LogP contribution in [0.5, 0.6) is 17.2 Å². The Balaban J connectivity index is 1.94. The van der Waals surface area contributed by atoms with E-state index in [1.165, 1.54) is 0 Å². The number of benzene rings is 2. The van der Waals surface area contributed by atoms with Crippen LogP contribution in [0.15, 0.2) is 60.9 Å². The van der Waals surface area contributed by atoms with Crippen LogP contribution in [0.4, 0.5) is 5.69 Å². The zero-order chi connectivity index (χ0) is 22.7. The molecular weight excluding hydrogens is 428 g/mol. The molecule has 2 aromatic carbocycles. The Morgan fingerprint density at radius 2 is 1.66 bits per heavy atom. The standard InChI is InChI=1S/C23H24N4O4S/c1-24-32(28)26-18-11-16(17-7-5-6-8-20(17)29-2)14-27-19(13-25-23(18)27)15-9-10-21(30-3)22(12-15)31-4/h5-14,24,26H,1-4H3. The van der Waals surface area contributed by atoms with Crippen LogP contribution in [-0.4, -0.2) is 42.3 Å². The van der Waals surface area contributed by atoms with Gasteiger partial charge in [-0.2, -0.15) is 4.72 Å². The zero-order valence-electron chi connectivity index (χ0n) is 18.2. The molecule has 4 aromatic rings. The van der Waals surface area contributed by atoms with Gasteiger partial charge in [0.15, 0.2) is 28.7 Å². The monoisotopic (exact) mass is 452 g/mol. The minimum Gasteiger partial charge on any atom is -0.574 e. The Morgan fingerprint density at radius 3 is 2.38 bits per heavy atom. The van der Waals surface area contributed by atoms with Crippen molar-refractivity contribution in [3.63, 3.8) is 0 Å². The second kappa shape index (κ2) is 9.39. The molecule has 0 aliphatic heterocycles. The van der Waals surface area contributed by atoms with Gasteiger partial charge in [-0.1, -0.05) is 18.2 Å².